The molecule has 2 aliphatic heterocycles. The van der Waals surface area contributed by atoms with Gasteiger partial charge in [0.25, 0.3) is 0 Å². The lowest BCUT2D eigenvalue weighted by atomic mass is 9.82. The second-order valence-electron chi connectivity index (χ2n) is 9.57. The van der Waals surface area contributed by atoms with Crippen LogP contribution in [0.25, 0.3) is 11.1 Å². The number of nitrogens with one attached hydrogen (secondary N) is 1. The van der Waals surface area contributed by atoms with Gasteiger partial charge in [0, 0.05) is 62.1 Å². The molecule has 1 unspecified atom stereocenters. The number of nitrogens with zero attached hydrogens (tertiary/aromatic N) is 3. The number of carbonyl (C=O) groups is 1. The van der Waals surface area contributed by atoms with E-state index in [-0.39, 0.29) is 5.92 Å². The average molecular weight is 407 g/mol. The molecule has 1 aliphatic carbocycles. The Labute approximate surface area is 180 Å². The van der Waals surface area contributed by atoms with Crippen molar-refractivity contribution in [3.05, 3.63) is 42.2 Å². The third-order valence-corrected chi connectivity index (χ3v) is 7.36. The second kappa shape index (κ2) is 8.46. The number of allylic oxidation sites excluding steroid dienone is 2. The van der Waals surface area contributed by atoms with E-state index in [1.807, 2.05) is 25.1 Å². The summed E-state index contributed by atoms with van der Waals surface area (Å²) in [6.07, 6.45) is 6.77. The highest BCUT2D eigenvalue weighted by atomic mass is 16.2. The Morgan fingerprint density at radius 2 is 2.03 bits per heavy atom. The van der Waals surface area contributed by atoms with E-state index in [2.05, 4.69) is 35.3 Å². The van der Waals surface area contributed by atoms with Gasteiger partial charge in [0.2, 0.25) is 5.91 Å². The van der Waals surface area contributed by atoms with Crippen molar-refractivity contribution in [3.8, 4) is 0 Å². The summed E-state index contributed by atoms with van der Waals surface area (Å²) in [5, 5.41) is 7.72. The number of fused-ring (bicyclic) bond motifs is 1. The van der Waals surface area contributed by atoms with E-state index in [4.69, 9.17) is 5.41 Å². The molecule has 5 nitrogen and oxygen atoms in total. The molecule has 3 heterocycles. The van der Waals surface area contributed by atoms with Crippen LogP contribution in [-0.2, 0) is 4.79 Å². The van der Waals surface area contributed by atoms with Crippen LogP contribution in [0.5, 0.6) is 0 Å². The molecule has 1 N–H and O–H groups in total. The Morgan fingerprint density at radius 3 is 2.70 bits per heavy atom. The second-order valence-corrected chi connectivity index (χ2v) is 9.57. The maximum atomic E-state index is 13.1. The predicted octanol–water partition coefficient (Wildman–Crippen LogP) is 3.83. The van der Waals surface area contributed by atoms with Gasteiger partial charge < -0.3 is 15.2 Å². The molecule has 4 rings (SSSR count). The van der Waals surface area contributed by atoms with Crippen molar-refractivity contribution in [1.29, 1.82) is 5.41 Å². The Bertz CT molecular complexity index is 864. The van der Waals surface area contributed by atoms with Gasteiger partial charge in [0.1, 0.15) is 0 Å². The van der Waals surface area contributed by atoms with Crippen LogP contribution >= 0.6 is 0 Å². The van der Waals surface area contributed by atoms with Crippen LogP contribution in [0.1, 0.15) is 37.9 Å². The molecule has 160 valence electrons. The monoisotopic (exact) mass is 406 g/mol. The zero-order valence-corrected chi connectivity index (χ0v) is 18.5. The van der Waals surface area contributed by atoms with Gasteiger partial charge in [0.05, 0.1) is 5.69 Å². The van der Waals surface area contributed by atoms with Gasteiger partial charge >= 0.3 is 0 Å². The zero-order valence-electron chi connectivity index (χ0n) is 18.5. The molecule has 1 saturated carbocycles. The number of hydrogen-bond donors (Lipinski definition) is 1. The van der Waals surface area contributed by atoms with E-state index < -0.39 is 0 Å². The Kier molecular flexibility index (Phi) is 5.92. The minimum absolute atomic E-state index is 0.231. The molecule has 1 aromatic heterocycles. The van der Waals surface area contributed by atoms with Crippen LogP contribution in [-0.4, -0.2) is 60.1 Å². The first kappa shape index (κ1) is 21.0. The van der Waals surface area contributed by atoms with Crippen molar-refractivity contribution in [2.75, 3.05) is 33.2 Å². The Hall–Kier alpha value is -2.27. The summed E-state index contributed by atoms with van der Waals surface area (Å²) in [6, 6.07) is 3.98. The summed E-state index contributed by atoms with van der Waals surface area (Å²) >= 11 is 0. The minimum Gasteiger partial charge on any atom is -0.342 e. The third kappa shape index (κ3) is 4.00. The van der Waals surface area contributed by atoms with E-state index >= 15 is 0 Å². The summed E-state index contributed by atoms with van der Waals surface area (Å²) in [5.41, 5.74) is 3.65. The SMILES string of the molecule is C=C(c1cccnc1/C(C=N)=C\C)[C@H]1C[C@@H](C)CN(C(=O)CC2[C@H]3CN(C)C[C@@H]23)C1. The molecule has 1 aromatic rings. The molecule has 30 heavy (non-hydrogen) atoms. The number of pyridine rings is 1. The molecular formula is C25H34N4O. The van der Waals surface area contributed by atoms with E-state index in [9.17, 15) is 4.79 Å². The number of aromatic nitrogens is 1. The van der Waals surface area contributed by atoms with Crippen LogP contribution in [0, 0.1) is 35.0 Å². The topological polar surface area (TPSA) is 60.3 Å². The van der Waals surface area contributed by atoms with Crippen LogP contribution < -0.4 is 0 Å². The lowest BCUT2D eigenvalue weighted by Crippen LogP contribution is -2.44. The molecule has 3 fully saturated rings. The maximum Gasteiger partial charge on any atom is 0.222 e. The van der Waals surface area contributed by atoms with E-state index in [1.54, 1.807) is 6.20 Å². The lowest BCUT2D eigenvalue weighted by molar-refractivity contribution is -0.134. The fraction of sp³-hybridized carbons (Fsp3) is 0.560. The van der Waals surface area contributed by atoms with E-state index in [1.165, 1.54) is 6.21 Å². The Balaban J connectivity index is 1.46. The van der Waals surface area contributed by atoms with Crippen LogP contribution in [0.3, 0.4) is 0 Å². The standard InChI is InChI=1S/C25H34N4O/c1-5-18(11-26)25-20(7-6-8-27-25)17(3)19-9-16(2)12-29(13-19)24(30)10-21-22-14-28(4)15-23(21)22/h5-8,11,16,19,21-23,26H,3,9-10,12-15H2,1-2,4H3/b18-5-,26-11?/t16-,19+,21?,22-,23+/m1/s1. The van der Waals surface area contributed by atoms with Crippen molar-refractivity contribution < 1.29 is 4.79 Å². The highest BCUT2D eigenvalue weighted by Gasteiger charge is 2.55. The van der Waals surface area contributed by atoms with Gasteiger partial charge in [-0.05, 0) is 55.7 Å². The largest absolute Gasteiger partial charge is 0.342 e. The number of likely N-dealkylation sites (tertiary alicyclic amines) is 2. The Morgan fingerprint density at radius 1 is 1.30 bits per heavy atom. The lowest BCUT2D eigenvalue weighted by Gasteiger charge is -2.38. The van der Waals surface area contributed by atoms with Gasteiger partial charge in [-0.25, -0.2) is 0 Å². The normalized spacial score (nSPS) is 31.4. The first-order valence-electron chi connectivity index (χ1n) is 11.2. The van der Waals surface area contributed by atoms with Gasteiger partial charge in [0.15, 0.2) is 0 Å². The zero-order chi connectivity index (χ0) is 21.4. The van der Waals surface area contributed by atoms with Crippen LogP contribution in [0.2, 0.25) is 0 Å². The summed E-state index contributed by atoms with van der Waals surface area (Å²) in [5.74, 6) is 3.09. The third-order valence-electron chi connectivity index (χ3n) is 7.36. The molecule has 2 saturated heterocycles. The van der Waals surface area contributed by atoms with Crippen molar-refractivity contribution in [1.82, 2.24) is 14.8 Å². The van der Waals surface area contributed by atoms with Crippen LogP contribution in [0.4, 0.5) is 0 Å². The van der Waals surface area contributed by atoms with Crippen molar-refractivity contribution in [3.63, 3.8) is 0 Å². The number of piperidine rings is 2. The van der Waals surface area contributed by atoms with Gasteiger partial charge in [-0.2, -0.15) is 0 Å². The first-order chi connectivity index (χ1) is 14.4. The molecule has 0 spiro atoms. The first-order valence-corrected chi connectivity index (χ1v) is 11.2. The number of rotatable bonds is 6. The van der Waals surface area contributed by atoms with Crippen molar-refractivity contribution >= 4 is 23.3 Å². The summed E-state index contributed by atoms with van der Waals surface area (Å²) < 4.78 is 0. The van der Waals surface area contributed by atoms with Gasteiger partial charge in [-0.1, -0.05) is 25.6 Å². The minimum atomic E-state index is 0.231. The quantitative estimate of drug-likeness (QED) is 0.731. The van der Waals surface area contributed by atoms with Crippen LogP contribution in [0.15, 0.2) is 31.0 Å². The fourth-order valence-corrected chi connectivity index (χ4v) is 5.70. The summed E-state index contributed by atoms with van der Waals surface area (Å²) in [4.78, 5) is 22.1. The number of hydrogen-bond acceptors (Lipinski definition) is 4. The highest BCUT2D eigenvalue weighted by molar-refractivity contribution is 6.09. The average Bonchev–Trinajstić information content (AvgIpc) is 3.18. The number of carbonyl (C=O) groups excluding carboxylic acids is 1. The summed E-state index contributed by atoms with van der Waals surface area (Å²) in [7, 11) is 2.18. The molecule has 0 bridgehead atoms. The highest BCUT2D eigenvalue weighted by Crippen LogP contribution is 2.53. The molecule has 5 atom stereocenters. The molecule has 0 radical (unpaired) electrons. The van der Waals surface area contributed by atoms with Crippen molar-refractivity contribution in [2.45, 2.75) is 26.7 Å². The van der Waals surface area contributed by atoms with Crippen molar-refractivity contribution in [2.24, 2.45) is 29.6 Å². The van der Waals surface area contributed by atoms with Gasteiger partial charge in [-0.3, -0.25) is 9.78 Å². The molecule has 1 amide bonds. The van der Waals surface area contributed by atoms with E-state index in [0.29, 0.717) is 24.2 Å². The molecular weight excluding hydrogens is 372 g/mol. The smallest absolute Gasteiger partial charge is 0.222 e. The predicted molar refractivity (Wildman–Crippen MR) is 122 cm³/mol. The van der Waals surface area contributed by atoms with E-state index in [0.717, 1.165) is 66.8 Å². The van der Waals surface area contributed by atoms with Gasteiger partial charge in [-0.15, -0.1) is 0 Å². The molecule has 0 aromatic carbocycles. The maximum absolute atomic E-state index is 13.1. The number of amides is 1. The molecule has 5 heteroatoms. The summed E-state index contributed by atoms with van der Waals surface area (Å²) in [6.45, 7) is 12.5. The molecule has 3 aliphatic rings. The fourth-order valence-electron chi connectivity index (χ4n) is 5.70.